The fourth-order valence-corrected chi connectivity index (χ4v) is 3.56. The van der Waals surface area contributed by atoms with Gasteiger partial charge in [0.15, 0.2) is 0 Å². The maximum absolute atomic E-state index is 11.1. The Morgan fingerprint density at radius 3 is 2.69 bits per heavy atom. The number of fused-ring (bicyclic) bond motifs is 1. The Kier molecular flexibility index (Phi) is 6.47. The van der Waals surface area contributed by atoms with E-state index in [1.807, 2.05) is 65.6 Å². The van der Waals surface area contributed by atoms with Gasteiger partial charge in [-0.25, -0.2) is 0 Å². The van der Waals surface area contributed by atoms with E-state index in [0.29, 0.717) is 13.2 Å². The molecule has 32 heavy (non-hydrogen) atoms. The molecule has 4 aromatic rings. The van der Waals surface area contributed by atoms with Gasteiger partial charge in [-0.15, -0.1) is 5.92 Å². The summed E-state index contributed by atoms with van der Waals surface area (Å²) in [7, 11) is 0. The normalized spacial score (nSPS) is 11.5. The molecule has 0 saturated heterocycles. The van der Waals surface area contributed by atoms with Crippen LogP contribution in [0.5, 0.6) is 5.75 Å². The van der Waals surface area contributed by atoms with Gasteiger partial charge in [-0.05, 0) is 47.9 Å². The van der Waals surface area contributed by atoms with Crippen LogP contribution in [0.25, 0.3) is 10.9 Å². The molecule has 0 saturated carbocycles. The van der Waals surface area contributed by atoms with Crippen molar-refractivity contribution in [3.63, 3.8) is 0 Å². The molecule has 6 heteroatoms. The molecule has 0 aliphatic carbocycles. The first-order chi connectivity index (χ1) is 15.6. The van der Waals surface area contributed by atoms with Gasteiger partial charge in [0, 0.05) is 17.8 Å². The molecule has 6 nitrogen and oxygen atoms in total. The highest BCUT2D eigenvalue weighted by atomic mass is 16.5. The van der Waals surface area contributed by atoms with Crippen LogP contribution in [0, 0.1) is 11.8 Å². The number of rotatable bonds is 8. The number of pyridine rings is 1. The summed E-state index contributed by atoms with van der Waals surface area (Å²) in [5.41, 5.74) is 4.04. The first-order valence-electron chi connectivity index (χ1n) is 10.3. The Morgan fingerprint density at radius 2 is 1.97 bits per heavy atom. The molecular weight excluding hydrogens is 402 g/mol. The molecule has 0 aliphatic rings. The van der Waals surface area contributed by atoms with Crippen molar-refractivity contribution >= 4 is 16.9 Å². The van der Waals surface area contributed by atoms with E-state index >= 15 is 0 Å². The fraction of sp³-hybridized carbons (Fsp3) is 0.192. The number of ether oxygens (including phenoxy) is 1. The van der Waals surface area contributed by atoms with Crippen molar-refractivity contribution in [2.75, 3.05) is 0 Å². The number of aliphatic carboxylic acids is 1. The highest BCUT2D eigenvalue weighted by Crippen LogP contribution is 2.23. The summed E-state index contributed by atoms with van der Waals surface area (Å²) in [6.07, 6.45) is 5.45. The van der Waals surface area contributed by atoms with Crippen molar-refractivity contribution in [1.29, 1.82) is 0 Å². The Bertz CT molecular complexity index is 1270. The van der Waals surface area contributed by atoms with E-state index in [1.165, 1.54) is 0 Å². The predicted octanol–water partition coefficient (Wildman–Crippen LogP) is 4.64. The summed E-state index contributed by atoms with van der Waals surface area (Å²) in [5, 5.41) is 14.7. The number of hydrogen-bond acceptors (Lipinski definition) is 4. The largest absolute Gasteiger partial charge is 0.489 e. The second-order valence-electron chi connectivity index (χ2n) is 7.46. The topological polar surface area (TPSA) is 77.2 Å². The summed E-state index contributed by atoms with van der Waals surface area (Å²) >= 11 is 0. The lowest BCUT2D eigenvalue weighted by Gasteiger charge is -2.11. The van der Waals surface area contributed by atoms with Crippen molar-refractivity contribution in [3.8, 4) is 17.6 Å². The molecular formula is C26H23N3O3. The first kappa shape index (κ1) is 21.1. The third-order valence-electron chi connectivity index (χ3n) is 5.15. The quantitative estimate of drug-likeness (QED) is 0.416. The van der Waals surface area contributed by atoms with Crippen molar-refractivity contribution in [2.45, 2.75) is 32.4 Å². The van der Waals surface area contributed by atoms with Crippen molar-refractivity contribution in [3.05, 3.63) is 89.9 Å². The zero-order valence-electron chi connectivity index (χ0n) is 17.7. The maximum atomic E-state index is 11.1. The summed E-state index contributed by atoms with van der Waals surface area (Å²) < 4.78 is 7.92. The smallest absolute Gasteiger partial charge is 0.304 e. The van der Waals surface area contributed by atoms with Crippen LogP contribution in [0.15, 0.2) is 73.2 Å². The van der Waals surface area contributed by atoms with E-state index < -0.39 is 5.97 Å². The van der Waals surface area contributed by atoms with Gasteiger partial charge in [-0.3, -0.25) is 14.5 Å². The minimum absolute atomic E-state index is 0.0201. The summed E-state index contributed by atoms with van der Waals surface area (Å²) in [4.78, 5) is 15.3. The van der Waals surface area contributed by atoms with Crippen molar-refractivity contribution in [1.82, 2.24) is 14.8 Å². The molecule has 0 spiro atoms. The minimum atomic E-state index is -0.865. The fourth-order valence-electron chi connectivity index (χ4n) is 3.56. The molecule has 0 bridgehead atoms. The number of hydrogen-bond donors (Lipinski definition) is 1. The van der Waals surface area contributed by atoms with E-state index in [9.17, 15) is 4.79 Å². The third kappa shape index (κ3) is 5.13. The van der Waals surface area contributed by atoms with Gasteiger partial charge in [-0.2, -0.15) is 5.10 Å². The van der Waals surface area contributed by atoms with E-state index in [0.717, 1.165) is 33.3 Å². The molecule has 1 N–H and O–H groups in total. The van der Waals surface area contributed by atoms with E-state index in [-0.39, 0.29) is 12.3 Å². The SMILES string of the molecule is CC#C[C@@H](CC(=O)O)c1ccc(OCc2ccc3cnn(Cc4cccnc4)c3c2)cc1. The third-order valence-corrected chi connectivity index (χ3v) is 5.15. The second kappa shape index (κ2) is 9.80. The first-order valence-corrected chi connectivity index (χ1v) is 10.3. The molecule has 2 aromatic carbocycles. The van der Waals surface area contributed by atoms with Gasteiger partial charge in [0.1, 0.15) is 12.4 Å². The Labute approximate surface area is 186 Å². The number of carbonyl (C=O) groups is 1. The van der Waals surface area contributed by atoms with E-state index in [2.05, 4.69) is 28.0 Å². The van der Waals surface area contributed by atoms with Crippen LogP contribution >= 0.6 is 0 Å². The lowest BCUT2D eigenvalue weighted by atomic mass is 9.96. The molecule has 4 rings (SSSR count). The average Bonchev–Trinajstić information content (AvgIpc) is 3.20. The average molecular weight is 425 g/mol. The van der Waals surface area contributed by atoms with E-state index in [4.69, 9.17) is 9.84 Å². The van der Waals surface area contributed by atoms with Crippen LogP contribution in [0.1, 0.15) is 36.0 Å². The van der Waals surface area contributed by atoms with E-state index in [1.54, 1.807) is 13.1 Å². The highest BCUT2D eigenvalue weighted by Gasteiger charge is 2.13. The molecule has 160 valence electrons. The molecule has 2 aromatic heterocycles. The van der Waals surface area contributed by atoms with Crippen LogP contribution in [0.3, 0.4) is 0 Å². The lowest BCUT2D eigenvalue weighted by molar-refractivity contribution is -0.137. The Morgan fingerprint density at radius 1 is 1.12 bits per heavy atom. The molecule has 0 fully saturated rings. The van der Waals surface area contributed by atoms with Crippen molar-refractivity contribution in [2.24, 2.45) is 0 Å². The number of benzene rings is 2. The van der Waals surface area contributed by atoms with Gasteiger partial charge < -0.3 is 9.84 Å². The second-order valence-corrected chi connectivity index (χ2v) is 7.46. The lowest BCUT2D eigenvalue weighted by Crippen LogP contribution is -2.04. The summed E-state index contributed by atoms with van der Waals surface area (Å²) in [5.74, 6) is 5.30. The van der Waals surface area contributed by atoms with Crippen LogP contribution in [-0.2, 0) is 17.9 Å². The zero-order valence-corrected chi connectivity index (χ0v) is 17.7. The monoisotopic (exact) mass is 425 g/mol. The predicted molar refractivity (Wildman–Crippen MR) is 122 cm³/mol. The Balaban J connectivity index is 1.45. The number of carboxylic acid groups (broad SMARTS) is 1. The number of carboxylic acids is 1. The zero-order chi connectivity index (χ0) is 22.3. The number of aromatic nitrogens is 3. The van der Waals surface area contributed by atoms with Crippen molar-refractivity contribution < 1.29 is 14.6 Å². The molecule has 0 radical (unpaired) electrons. The summed E-state index contributed by atoms with van der Waals surface area (Å²) in [6, 6.07) is 17.6. The standard InChI is InChI=1S/C26H23N3O3/c1-2-4-22(14-26(30)31)21-8-10-24(11-9-21)32-18-19-6-7-23-16-28-29(25(23)13-19)17-20-5-3-12-27-15-20/h3,5-13,15-16,22H,14,17-18H2,1H3,(H,30,31)/t22-/m0/s1. The van der Waals surface area contributed by atoms with Gasteiger partial charge in [0.2, 0.25) is 0 Å². The molecule has 2 heterocycles. The van der Waals surface area contributed by atoms with Crippen LogP contribution in [-0.4, -0.2) is 25.8 Å². The van der Waals surface area contributed by atoms with Crippen LogP contribution in [0.2, 0.25) is 0 Å². The van der Waals surface area contributed by atoms with Crippen LogP contribution in [0.4, 0.5) is 0 Å². The Hall–Kier alpha value is -4.11. The molecule has 0 amide bonds. The maximum Gasteiger partial charge on any atom is 0.304 e. The number of nitrogens with zero attached hydrogens (tertiary/aromatic N) is 3. The van der Waals surface area contributed by atoms with Gasteiger partial charge in [0.05, 0.1) is 30.6 Å². The molecule has 1 atom stereocenters. The van der Waals surface area contributed by atoms with Crippen LogP contribution < -0.4 is 4.74 Å². The molecule has 0 aliphatic heterocycles. The van der Waals surface area contributed by atoms with Gasteiger partial charge in [0.25, 0.3) is 0 Å². The van der Waals surface area contributed by atoms with Gasteiger partial charge >= 0.3 is 5.97 Å². The minimum Gasteiger partial charge on any atom is -0.489 e. The summed E-state index contributed by atoms with van der Waals surface area (Å²) in [6.45, 7) is 2.79. The highest BCUT2D eigenvalue weighted by molar-refractivity contribution is 5.79. The van der Waals surface area contributed by atoms with Gasteiger partial charge in [-0.1, -0.05) is 36.3 Å². The molecule has 0 unspecified atom stereocenters.